The molecule has 5 nitrogen and oxygen atoms in total. The van der Waals surface area contributed by atoms with E-state index in [0.717, 1.165) is 35.0 Å². The summed E-state index contributed by atoms with van der Waals surface area (Å²) in [5, 5.41) is 6.01. The van der Waals surface area contributed by atoms with E-state index < -0.39 is 0 Å². The molecule has 0 aliphatic carbocycles. The molecule has 144 valence electrons. The fourth-order valence-electron chi connectivity index (χ4n) is 3.28. The number of hydrogen-bond acceptors (Lipinski definition) is 4. The van der Waals surface area contributed by atoms with Gasteiger partial charge in [0.25, 0.3) is 0 Å². The number of aromatic nitrogens is 1. The minimum Gasteiger partial charge on any atom is -0.377 e. The topological polar surface area (TPSA) is 54.5 Å². The highest BCUT2D eigenvalue weighted by molar-refractivity contribution is 7.10. The molecule has 1 aliphatic rings. The van der Waals surface area contributed by atoms with Gasteiger partial charge in [-0.3, -0.25) is 4.90 Å². The number of hydrogen-bond donors (Lipinski definition) is 1. The van der Waals surface area contributed by atoms with Gasteiger partial charge < -0.3 is 10.1 Å². The summed E-state index contributed by atoms with van der Waals surface area (Å²) in [5.41, 5.74) is 5.39. The van der Waals surface area contributed by atoms with Crippen LogP contribution in [0.2, 0.25) is 0 Å². The molecule has 0 atom stereocenters. The molecule has 4 rings (SSSR count). The van der Waals surface area contributed by atoms with E-state index in [1.807, 2.05) is 31.2 Å². The first-order chi connectivity index (χ1) is 13.7. The molecule has 2 heterocycles. The Bertz CT molecular complexity index is 952. The molecule has 1 fully saturated rings. The summed E-state index contributed by atoms with van der Waals surface area (Å²) in [6.07, 6.45) is 0.816. The smallest absolute Gasteiger partial charge is 0.321 e. The van der Waals surface area contributed by atoms with Gasteiger partial charge in [0, 0.05) is 42.7 Å². The molecule has 28 heavy (non-hydrogen) atoms. The quantitative estimate of drug-likeness (QED) is 0.644. The number of anilines is 1. The molecular weight excluding hydrogens is 370 g/mol. The molecule has 2 amide bonds. The van der Waals surface area contributed by atoms with Crippen molar-refractivity contribution in [3.05, 3.63) is 70.0 Å². The highest BCUT2D eigenvalue weighted by atomic mass is 32.1. The average molecular weight is 394 g/mol. The predicted octanol–water partition coefficient (Wildman–Crippen LogP) is 4.47. The van der Waals surface area contributed by atoms with Crippen LogP contribution >= 0.6 is 11.3 Å². The van der Waals surface area contributed by atoms with Gasteiger partial charge >= 0.3 is 6.03 Å². The first-order valence-electron chi connectivity index (χ1n) is 9.48. The van der Waals surface area contributed by atoms with Gasteiger partial charge in [0.2, 0.25) is 0 Å². The van der Waals surface area contributed by atoms with Crippen LogP contribution in [0.15, 0.2) is 53.9 Å². The molecule has 0 spiro atoms. The molecule has 0 saturated carbocycles. The maximum absolute atomic E-state index is 11.8. The standard InChI is InChI=1S/C22H23N3O2S/c1-2-27-14-17-5-3-4-16(12-17)13-21-24-20(15-28-21)18-6-8-19(9-7-18)25-11-10-23-22(25)26/h3-9,12,15H,2,10-11,13-14H2,1H3,(H,23,26). The highest BCUT2D eigenvalue weighted by Gasteiger charge is 2.20. The number of carbonyl (C=O) groups is 1. The van der Waals surface area contributed by atoms with Crippen molar-refractivity contribution in [2.45, 2.75) is 20.0 Å². The molecule has 6 heteroatoms. The lowest BCUT2D eigenvalue weighted by atomic mass is 10.1. The summed E-state index contributed by atoms with van der Waals surface area (Å²) < 4.78 is 5.50. The Balaban J connectivity index is 1.45. The number of urea groups is 1. The van der Waals surface area contributed by atoms with Gasteiger partial charge in [0.05, 0.1) is 17.3 Å². The molecule has 3 aromatic rings. The van der Waals surface area contributed by atoms with Gasteiger partial charge in [-0.15, -0.1) is 11.3 Å². The van der Waals surface area contributed by atoms with Gasteiger partial charge in [-0.05, 0) is 30.2 Å². The zero-order valence-corrected chi connectivity index (χ0v) is 16.7. The Labute approximate surface area is 169 Å². The number of nitrogens with one attached hydrogen (secondary N) is 1. The van der Waals surface area contributed by atoms with E-state index in [1.165, 1.54) is 11.1 Å². The summed E-state index contributed by atoms with van der Waals surface area (Å²) in [6, 6.07) is 16.5. The van der Waals surface area contributed by atoms with E-state index >= 15 is 0 Å². The Morgan fingerprint density at radius 2 is 2.00 bits per heavy atom. The van der Waals surface area contributed by atoms with Crippen LogP contribution in [0, 0.1) is 0 Å². The number of thiazole rings is 1. The van der Waals surface area contributed by atoms with Crippen LogP contribution in [0.25, 0.3) is 11.3 Å². The van der Waals surface area contributed by atoms with Crippen LogP contribution in [-0.4, -0.2) is 30.7 Å². The predicted molar refractivity (Wildman–Crippen MR) is 113 cm³/mol. The number of ether oxygens (including phenoxy) is 1. The summed E-state index contributed by atoms with van der Waals surface area (Å²) in [6.45, 7) is 4.78. The van der Waals surface area contributed by atoms with E-state index in [-0.39, 0.29) is 6.03 Å². The monoisotopic (exact) mass is 393 g/mol. The van der Waals surface area contributed by atoms with Crippen molar-refractivity contribution < 1.29 is 9.53 Å². The Morgan fingerprint density at radius 1 is 1.18 bits per heavy atom. The molecule has 1 saturated heterocycles. The van der Waals surface area contributed by atoms with E-state index in [9.17, 15) is 4.79 Å². The van der Waals surface area contributed by atoms with Crippen molar-refractivity contribution in [3.8, 4) is 11.3 Å². The first-order valence-corrected chi connectivity index (χ1v) is 10.4. The van der Waals surface area contributed by atoms with Gasteiger partial charge in [0.15, 0.2) is 0 Å². The highest BCUT2D eigenvalue weighted by Crippen LogP contribution is 2.26. The minimum atomic E-state index is -0.0322. The fraction of sp³-hybridized carbons (Fsp3) is 0.273. The Hall–Kier alpha value is -2.70. The molecule has 1 N–H and O–H groups in total. The van der Waals surface area contributed by atoms with Crippen LogP contribution < -0.4 is 10.2 Å². The summed E-state index contributed by atoms with van der Waals surface area (Å²) in [7, 11) is 0. The van der Waals surface area contributed by atoms with Crippen LogP contribution in [0.1, 0.15) is 23.1 Å². The third kappa shape index (κ3) is 4.24. The number of rotatable bonds is 7. The molecule has 0 bridgehead atoms. The SMILES string of the molecule is CCOCc1cccc(Cc2nc(-c3ccc(N4CCNC4=O)cc3)cs2)c1. The summed E-state index contributed by atoms with van der Waals surface area (Å²) in [4.78, 5) is 18.3. The van der Waals surface area contributed by atoms with E-state index in [2.05, 4.69) is 35.0 Å². The van der Waals surface area contributed by atoms with E-state index in [0.29, 0.717) is 19.7 Å². The van der Waals surface area contributed by atoms with Crippen LogP contribution in [0.3, 0.4) is 0 Å². The van der Waals surface area contributed by atoms with E-state index in [4.69, 9.17) is 9.72 Å². The van der Waals surface area contributed by atoms with E-state index in [1.54, 1.807) is 16.2 Å². The Kier molecular flexibility index (Phi) is 5.69. The molecule has 1 aromatic heterocycles. The van der Waals surface area contributed by atoms with Gasteiger partial charge in [-0.2, -0.15) is 0 Å². The Morgan fingerprint density at radius 3 is 2.75 bits per heavy atom. The van der Waals surface area contributed by atoms with Gasteiger partial charge in [-0.25, -0.2) is 9.78 Å². The second-order valence-corrected chi connectivity index (χ2v) is 7.63. The van der Waals surface area contributed by atoms with Crippen LogP contribution in [0.4, 0.5) is 10.5 Å². The second-order valence-electron chi connectivity index (χ2n) is 6.69. The molecular formula is C22H23N3O2S. The molecule has 2 aromatic carbocycles. The second kappa shape index (κ2) is 8.54. The summed E-state index contributed by atoms with van der Waals surface area (Å²) >= 11 is 1.68. The van der Waals surface area contributed by atoms with Crippen LogP contribution in [-0.2, 0) is 17.8 Å². The maximum Gasteiger partial charge on any atom is 0.321 e. The zero-order valence-electron chi connectivity index (χ0n) is 15.9. The minimum absolute atomic E-state index is 0.0322. The largest absolute Gasteiger partial charge is 0.377 e. The third-order valence-electron chi connectivity index (χ3n) is 4.70. The van der Waals surface area contributed by atoms with Crippen LogP contribution in [0.5, 0.6) is 0 Å². The normalized spacial score (nSPS) is 13.8. The van der Waals surface area contributed by atoms with Crippen molar-refractivity contribution in [2.24, 2.45) is 0 Å². The van der Waals surface area contributed by atoms with Crippen molar-refractivity contribution in [1.29, 1.82) is 0 Å². The van der Waals surface area contributed by atoms with Crippen molar-refractivity contribution in [1.82, 2.24) is 10.3 Å². The molecule has 1 aliphatic heterocycles. The van der Waals surface area contributed by atoms with Crippen molar-refractivity contribution >= 4 is 23.1 Å². The van der Waals surface area contributed by atoms with Gasteiger partial charge in [-0.1, -0.05) is 36.4 Å². The number of nitrogens with zero attached hydrogens (tertiary/aromatic N) is 2. The van der Waals surface area contributed by atoms with Gasteiger partial charge in [0.1, 0.15) is 0 Å². The lowest BCUT2D eigenvalue weighted by Crippen LogP contribution is -2.27. The van der Waals surface area contributed by atoms with Crippen molar-refractivity contribution in [3.63, 3.8) is 0 Å². The average Bonchev–Trinajstić information content (AvgIpc) is 3.36. The molecule has 0 unspecified atom stereocenters. The maximum atomic E-state index is 11.8. The number of amides is 2. The number of carbonyl (C=O) groups excluding carboxylic acids is 1. The molecule has 0 radical (unpaired) electrons. The first kappa shape index (κ1) is 18.7. The lowest BCUT2D eigenvalue weighted by Gasteiger charge is -2.14. The van der Waals surface area contributed by atoms with Crippen molar-refractivity contribution in [2.75, 3.05) is 24.6 Å². The fourth-order valence-corrected chi connectivity index (χ4v) is 4.12. The zero-order chi connectivity index (χ0) is 19.3. The number of benzene rings is 2. The third-order valence-corrected chi connectivity index (χ3v) is 5.55. The summed E-state index contributed by atoms with van der Waals surface area (Å²) in [5.74, 6) is 0. The lowest BCUT2D eigenvalue weighted by molar-refractivity contribution is 0.134.